The first-order chi connectivity index (χ1) is 4.95. The second kappa shape index (κ2) is 3.65. The normalized spacial score (nSPS) is 10.9. The van der Waals surface area contributed by atoms with Crippen molar-refractivity contribution in [2.45, 2.75) is 6.92 Å². The summed E-state index contributed by atoms with van der Waals surface area (Å²) in [4.78, 5) is 9.24. The van der Waals surface area contributed by atoms with Crippen LogP contribution in [0.15, 0.2) is 36.3 Å². The topological polar surface area (TPSA) is 43.1 Å². The van der Waals surface area contributed by atoms with E-state index >= 15 is 0 Å². The number of nitro groups is 1. The predicted octanol–water partition coefficient (Wildman–Crippen LogP) is 2.21. The Kier molecular flexibility index (Phi) is 3.17. The zero-order chi connectivity index (χ0) is 9.02. The first-order valence-corrected chi connectivity index (χ1v) is 2.81. The monoisotopic (exact) mass is 157 g/mol. The SMILES string of the molecule is C=C(C)/C=C(\C(=C)F)[N+](=O)[O-]. The Balaban J connectivity index is 4.75. The van der Waals surface area contributed by atoms with Crippen molar-refractivity contribution in [1.29, 1.82) is 0 Å². The fourth-order valence-electron chi connectivity index (χ4n) is 0.463. The van der Waals surface area contributed by atoms with Gasteiger partial charge in [0.2, 0.25) is 0 Å². The van der Waals surface area contributed by atoms with Gasteiger partial charge in [-0.3, -0.25) is 10.1 Å². The minimum atomic E-state index is -1.06. The lowest BCUT2D eigenvalue weighted by atomic mass is 10.2. The van der Waals surface area contributed by atoms with Crippen LogP contribution < -0.4 is 0 Å². The molecule has 0 heterocycles. The fraction of sp³-hybridized carbons (Fsp3) is 0.143. The van der Waals surface area contributed by atoms with E-state index in [4.69, 9.17) is 0 Å². The quantitative estimate of drug-likeness (QED) is 0.358. The number of halogens is 1. The lowest BCUT2D eigenvalue weighted by Crippen LogP contribution is -1.98. The number of hydrogen-bond donors (Lipinski definition) is 0. The fourth-order valence-corrected chi connectivity index (χ4v) is 0.463. The first-order valence-electron chi connectivity index (χ1n) is 2.81. The molecule has 0 fully saturated rings. The molecule has 3 nitrogen and oxygen atoms in total. The van der Waals surface area contributed by atoms with Gasteiger partial charge >= 0.3 is 5.70 Å². The highest BCUT2D eigenvalue weighted by atomic mass is 19.1. The Labute approximate surface area is 63.7 Å². The molecule has 0 aliphatic rings. The molecule has 0 aromatic heterocycles. The lowest BCUT2D eigenvalue weighted by molar-refractivity contribution is -0.422. The van der Waals surface area contributed by atoms with Gasteiger partial charge in [0.1, 0.15) is 0 Å². The summed E-state index contributed by atoms with van der Waals surface area (Å²) in [5.41, 5.74) is -0.229. The zero-order valence-electron chi connectivity index (χ0n) is 6.13. The van der Waals surface area contributed by atoms with Crippen LogP contribution in [-0.4, -0.2) is 4.92 Å². The number of hydrogen-bond acceptors (Lipinski definition) is 2. The highest BCUT2D eigenvalue weighted by molar-refractivity contribution is 5.24. The van der Waals surface area contributed by atoms with Crippen molar-refractivity contribution >= 4 is 0 Å². The van der Waals surface area contributed by atoms with E-state index in [-0.39, 0.29) is 0 Å². The average Bonchev–Trinajstić information content (AvgIpc) is 1.81. The van der Waals surface area contributed by atoms with E-state index in [0.29, 0.717) is 5.57 Å². The predicted molar refractivity (Wildman–Crippen MR) is 40.1 cm³/mol. The average molecular weight is 157 g/mol. The van der Waals surface area contributed by atoms with Crippen molar-refractivity contribution in [3.8, 4) is 0 Å². The maximum atomic E-state index is 12.2. The van der Waals surface area contributed by atoms with Crippen LogP contribution in [0.4, 0.5) is 4.39 Å². The summed E-state index contributed by atoms with van der Waals surface area (Å²) < 4.78 is 12.2. The summed E-state index contributed by atoms with van der Waals surface area (Å²) in [5, 5.41) is 10.1. The highest BCUT2D eigenvalue weighted by Crippen LogP contribution is 2.11. The van der Waals surface area contributed by atoms with Crippen LogP contribution in [0.2, 0.25) is 0 Å². The summed E-state index contributed by atoms with van der Waals surface area (Å²) >= 11 is 0. The van der Waals surface area contributed by atoms with Crippen LogP contribution in [0.5, 0.6) is 0 Å². The second-order valence-electron chi connectivity index (χ2n) is 2.04. The molecule has 4 heteroatoms. The minimum absolute atomic E-state index is 0.413. The van der Waals surface area contributed by atoms with Crippen molar-refractivity contribution in [1.82, 2.24) is 0 Å². The molecular formula is C7H8FNO2. The summed E-state index contributed by atoms with van der Waals surface area (Å²) in [6.07, 6.45) is 1.03. The van der Waals surface area contributed by atoms with Crippen molar-refractivity contribution in [2.24, 2.45) is 0 Å². The van der Waals surface area contributed by atoms with Gasteiger partial charge in [0.05, 0.1) is 4.92 Å². The molecule has 0 aromatic carbocycles. The van der Waals surface area contributed by atoms with Crippen LogP contribution in [0.3, 0.4) is 0 Å². The third-order valence-corrected chi connectivity index (χ3v) is 0.858. The largest absolute Gasteiger partial charge is 0.304 e. The number of rotatable bonds is 3. The third kappa shape index (κ3) is 3.30. The molecule has 0 radical (unpaired) electrons. The molecule has 0 aliphatic heterocycles. The molecule has 0 N–H and O–H groups in total. The molecule has 0 unspecified atom stereocenters. The Morgan fingerprint density at radius 3 is 2.18 bits per heavy atom. The maximum absolute atomic E-state index is 12.2. The van der Waals surface area contributed by atoms with E-state index in [1.165, 1.54) is 6.92 Å². The molecule has 0 atom stereocenters. The molecule has 0 aliphatic carbocycles. The summed E-state index contributed by atoms with van der Waals surface area (Å²) in [7, 11) is 0. The minimum Gasteiger partial charge on any atom is -0.258 e. The van der Waals surface area contributed by atoms with Crippen molar-refractivity contribution in [2.75, 3.05) is 0 Å². The third-order valence-electron chi connectivity index (χ3n) is 0.858. The summed E-state index contributed by atoms with van der Waals surface area (Å²) in [6.45, 7) is 7.72. The van der Waals surface area contributed by atoms with Gasteiger partial charge < -0.3 is 0 Å². The van der Waals surface area contributed by atoms with Crippen LogP contribution in [0, 0.1) is 10.1 Å². The molecule has 11 heavy (non-hydrogen) atoms. The van der Waals surface area contributed by atoms with E-state index in [1.54, 1.807) is 0 Å². The maximum Gasteiger partial charge on any atom is 0.304 e. The van der Waals surface area contributed by atoms with Crippen LogP contribution >= 0.6 is 0 Å². The number of allylic oxidation sites excluding steroid dienone is 3. The second-order valence-corrected chi connectivity index (χ2v) is 2.04. The van der Waals surface area contributed by atoms with Gasteiger partial charge in [-0.2, -0.15) is 0 Å². The van der Waals surface area contributed by atoms with Crippen molar-refractivity contribution < 1.29 is 9.31 Å². The van der Waals surface area contributed by atoms with Crippen molar-refractivity contribution in [3.05, 3.63) is 46.4 Å². The molecule has 60 valence electrons. The van der Waals surface area contributed by atoms with Crippen LogP contribution in [0.1, 0.15) is 6.92 Å². The molecule has 0 saturated heterocycles. The van der Waals surface area contributed by atoms with E-state index in [1.807, 2.05) is 0 Å². The molecule has 0 saturated carbocycles. The van der Waals surface area contributed by atoms with Gasteiger partial charge in [-0.15, -0.1) is 0 Å². The Bertz CT molecular complexity index is 227. The van der Waals surface area contributed by atoms with E-state index in [9.17, 15) is 14.5 Å². The van der Waals surface area contributed by atoms with Gasteiger partial charge in [0.15, 0.2) is 5.83 Å². The Morgan fingerprint density at radius 2 is 2.09 bits per heavy atom. The molecule has 0 amide bonds. The smallest absolute Gasteiger partial charge is 0.258 e. The van der Waals surface area contributed by atoms with E-state index in [2.05, 4.69) is 13.2 Å². The Hall–Kier alpha value is -1.45. The van der Waals surface area contributed by atoms with E-state index in [0.717, 1.165) is 6.08 Å². The van der Waals surface area contributed by atoms with Gasteiger partial charge in [-0.1, -0.05) is 18.7 Å². The summed E-state index contributed by atoms with van der Waals surface area (Å²) in [6, 6.07) is 0. The molecule has 0 rings (SSSR count). The first kappa shape index (κ1) is 9.55. The molecular weight excluding hydrogens is 149 g/mol. The molecule has 0 spiro atoms. The number of nitrogens with zero attached hydrogens (tertiary/aromatic N) is 1. The van der Waals surface area contributed by atoms with Crippen LogP contribution in [0.25, 0.3) is 0 Å². The van der Waals surface area contributed by atoms with Gasteiger partial charge in [-0.05, 0) is 6.92 Å². The van der Waals surface area contributed by atoms with Crippen molar-refractivity contribution in [3.63, 3.8) is 0 Å². The lowest BCUT2D eigenvalue weighted by Gasteiger charge is -1.92. The van der Waals surface area contributed by atoms with E-state index < -0.39 is 16.4 Å². The van der Waals surface area contributed by atoms with Gasteiger partial charge in [-0.25, -0.2) is 4.39 Å². The summed E-state index contributed by atoms with van der Waals surface area (Å²) in [5.74, 6) is -1.06. The Morgan fingerprint density at radius 1 is 1.64 bits per heavy atom. The standard InChI is InChI=1S/C7H8FNO2/c1-5(2)4-7(6(3)8)9(10)11/h4H,1,3H2,2H3/b7-4+. The van der Waals surface area contributed by atoms with Gasteiger partial charge in [0, 0.05) is 6.08 Å². The molecule has 0 bridgehead atoms. The highest BCUT2D eigenvalue weighted by Gasteiger charge is 2.13. The van der Waals surface area contributed by atoms with Crippen LogP contribution in [-0.2, 0) is 0 Å². The zero-order valence-corrected chi connectivity index (χ0v) is 6.13. The molecule has 0 aromatic rings. The van der Waals surface area contributed by atoms with Gasteiger partial charge in [0.25, 0.3) is 0 Å².